The lowest BCUT2D eigenvalue weighted by Crippen LogP contribution is -2.32. The maximum Gasteiger partial charge on any atom is 0.342 e. The summed E-state index contributed by atoms with van der Waals surface area (Å²) in [6.45, 7) is 1.42. The van der Waals surface area contributed by atoms with Crippen LogP contribution in [0, 0.1) is 0 Å². The zero-order chi connectivity index (χ0) is 14.9. The summed E-state index contributed by atoms with van der Waals surface area (Å²) in [6, 6.07) is 0. The van der Waals surface area contributed by atoms with Crippen molar-refractivity contribution in [1.82, 2.24) is 5.06 Å². The number of hydroxylamine groups is 2. The maximum atomic E-state index is 11.5. The lowest BCUT2D eigenvalue weighted by Gasteiger charge is -2.12. The largest absolute Gasteiger partial charge is 0.386 e. The second-order valence-electron chi connectivity index (χ2n) is 4.33. The van der Waals surface area contributed by atoms with E-state index in [1.165, 1.54) is 6.92 Å². The number of carbonyl (C=O) groups is 5. The van der Waals surface area contributed by atoms with Gasteiger partial charge in [0.1, 0.15) is 0 Å². The molecule has 2 aliphatic rings. The third-order valence-corrected chi connectivity index (χ3v) is 2.97. The Bertz CT molecular complexity index is 544. The first kappa shape index (κ1) is 13.9. The van der Waals surface area contributed by atoms with Crippen molar-refractivity contribution in [3.63, 3.8) is 0 Å². The Kier molecular flexibility index (Phi) is 3.64. The van der Waals surface area contributed by atoms with Gasteiger partial charge in [-0.2, -0.15) is 0 Å². The van der Waals surface area contributed by atoms with Gasteiger partial charge in [0, 0.05) is 24.0 Å². The van der Waals surface area contributed by atoms with E-state index in [0.29, 0.717) is 5.06 Å². The van der Waals surface area contributed by atoms with Gasteiger partial charge in [-0.3, -0.25) is 9.59 Å². The van der Waals surface area contributed by atoms with Gasteiger partial charge in [-0.1, -0.05) is 0 Å². The molecule has 0 N–H and O–H groups in total. The summed E-state index contributed by atoms with van der Waals surface area (Å²) >= 11 is 0. The maximum absolute atomic E-state index is 11.5. The number of cyclic esters (lactones) is 2. The van der Waals surface area contributed by atoms with Crippen LogP contribution < -0.4 is 0 Å². The summed E-state index contributed by atoms with van der Waals surface area (Å²) < 4.78 is 4.36. The molecule has 2 amide bonds. The third-order valence-electron chi connectivity index (χ3n) is 2.97. The molecular formula is C12H11NO7. The predicted octanol–water partition coefficient (Wildman–Crippen LogP) is -0.226. The number of amides is 2. The van der Waals surface area contributed by atoms with Gasteiger partial charge in [0.25, 0.3) is 11.8 Å². The van der Waals surface area contributed by atoms with Crippen LogP contribution in [0.25, 0.3) is 0 Å². The molecule has 1 saturated heterocycles. The van der Waals surface area contributed by atoms with E-state index in [2.05, 4.69) is 9.57 Å². The molecule has 1 fully saturated rings. The van der Waals surface area contributed by atoms with Crippen molar-refractivity contribution in [2.24, 2.45) is 0 Å². The summed E-state index contributed by atoms with van der Waals surface area (Å²) in [7, 11) is 0. The molecule has 8 nitrogen and oxygen atoms in total. The van der Waals surface area contributed by atoms with Gasteiger partial charge in [-0.05, 0) is 13.3 Å². The standard InChI is InChI=1S/C12H11NO7/c1-6-7(12(18)19-11(6)17)2-5-10(16)20-13-8(14)3-4-9(13)15/h2-5H2,1H3. The summed E-state index contributed by atoms with van der Waals surface area (Å²) in [5.74, 6) is -3.50. The Hall–Kier alpha value is -2.51. The molecule has 0 aromatic heterocycles. The van der Waals surface area contributed by atoms with Crippen LogP contribution in [0.2, 0.25) is 0 Å². The minimum absolute atomic E-state index is 0.0111. The summed E-state index contributed by atoms with van der Waals surface area (Å²) in [5.41, 5.74) is 0.252. The number of hydrogen-bond acceptors (Lipinski definition) is 7. The van der Waals surface area contributed by atoms with Crippen molar-refractivity contribution in [2.45, 2.75) is 32.6 Å². The number of hydrogen-bond donors (Lipinski definition) is 0. The van der Waals surface area contributed by atoms with Crippen molar-refractivity contribution in [3.05, 3.63) is 11.1 Å². The van der Waals surface area contributed by atoms with E-state index in [0.717, 1.165) is 0 Å². The van der Waals surface area contributed by atoms with Crippen LogP contribution in [0.5, 0.6) is 0 Å². The van der Waals surface area contributed by atoms with E-state index in [1.54, 1.807) is 0 Å². The fourth-order valence-corrected chi connectivity index (χ4v) is 1.82. The number of ether oxygens (including phenoxy) is 1. The van der Waals surface area contributed by atoms with E-state index >= 15 is 0 Å². The first-order valence-corrected chi connectivity index (χ1v) is 5.93. The average molecular weight is 281 g/mol. The molecule has 20 heavy (non-hydrogen) atoms. The topological polar surface area (TPSA) is 107 Å². The first-order chi connectivity index (χ1) is 9.40. The molecule has 8 heteroatoms. The SMILES string of the molecule is CC1=C(CCC(=O)ON2C(=O)CCC2=O)C(=O)OC1=O. The van der Waals surface area contributed by atoms with Crippen LogP contribution in [0.1, 0.15) is 32.6 Å². The molecular weight excluding hydrogens is 270 g/mol. The van der Waals surface area contributed by atoms with E-state index in [4.69, 9.17) is 0 Å². The molecule has 0 spiro atoms. The van der Waals surface area contributed by atoms with Crippen molar-refractivity contribution >= 4 is 29.7 Å². The normalized spacial score (nSPS) is 18.9. The van der Waals surface area contributed by atoms with Gasteiger partial charge >= 0.3 is 17.9 Å². The number of imide groups is 1. The molecule has 0 aromatic carbocycles. The summed E-state index contributed by atoms with van der Waals surface area (Å²) in [6.07, 6.45) is -0.272. The Balaban J connectivity index is 1.90. The summed E-state index contributed by atoms with van der Waals surface area (Å²) in [5, 5.41) is 0.432. The quantitative estimate of drug-likeness (QED) is 0.398. The first-order valence-electron chi connectivity index (χ1n) is 5.93. The van der Waals surface area contributed by atoms with Crippen LogP contribution in [0.4, 0.5) is 0 Å². The van der Waals surface area contributed by atoms with Gasteiger partial charge in [0.2, 0.25) is 0 Å². The van der Waals surface area contributed by atoms with Gasteiger partial charge in [-0.15, -0.1) is 5.06 Å². The minimum Gasteiger partial charge on any atom is -0.386 e. The van der Waals surface area contributed by atoms with E-state index in [-0.39, 0.29) is 36.8 Å². The van der Waals surface area contributed by atoms with Gasteiger partial charge < -0.3 is 9.57 Å². The average Bonchev–Trinajstić information content (AvgIpc) is 2.82. The zero-order valence-electron chi connectivity index (χ0n) is 10.6. The molecule has 0 bridgehead atoms. The smallest absolute Gasteiger partial charge is 0.342 e. The summed E-state index contributed by atoms with van der Waals surface area (Å²) in [4.78, 5) is 61.0. The molecule has 0 unspecified atom stereocenters. The van der Waals surface area contributed by atoms with Crippen LogP contribution >= 0.6 is 0 Å². The number of rotatable bonds is 4. The van der Waals surface area contributed by atoms with Crippen LogP contribution in [0.15, 0.2) is 11.1 Å². The monoisotopic (exact) mass is 281 g/mol. The Labute approximate surface area is 113 Å². The lowest BCUT2D eigenvalue weighted by atomic mass is 10.1. The Morgan fingerprint density at radius 2 is 1.75 bits per heavy atom. The second-order valence-corrected chi connectivity index (χ2v) is 4.33. The molecule has 2 aliphatic heterocycles. The molecule has 2 heterocycles. The number of esters is 2. The highest BCUT2D eigenvalue weighted by molar-refractivity contribution is 6.12. The second kappa shape index (κ2) is 5.24. The molecule has 0 radical (unpaired) electrons. The minimum atomic E-state index is -0.832. The lowest BCUT2D eigenvalue weighted by molar-refractivity contribution is -0.197. The highest BCUT2D eigenvalue weighted by Gasteiger charge is 2.34. The van der Waals surface area contributed by atoms with Crippen LogP contribution in [0.3, 0.4) is 0 Å². The van der Waals surface area contributed by atoms with Crippen molar-refractivity contribution in [3.8, 4) is 0 Å². The predicted molar refractivity (Wildman–Crippen MR) is 60.2 cm³/mol. The molecule has 0 atom stereocenters. The molecule has 106 valence electrons. The molecule has 2 rings (SSSR count). The van der Waals surface area contributed by atoms with Crippen molar-refractivity contribution in [2.75, 3.05) is 0 Å². The van der Waals surface area contributed by atoms with Crippen molar-refractivity contribution in [1.29, 1.82) is 0 Å². The molecule has 0 aromatic rings. The van der Waals surface area contributed by atoms with Gasteiger partial charge in [0.15, 0.2) is 0 Å². The Morgan fingerprint density at radius 1 is 1.15 bits per heavy atom. The van der Waals surface area contributed by atoms with Crippen LogP contribution in [-0.2, 0) is 33.5 Å². The van der Waals surface area contributed by atoms with Crippen LogP contribution in [-0.4, -0.2) is 34.8 Å². The Morgan fingerprint density at radius 3 is 2.25 bits per heavy atom. The third kappa shape index (κ3) is 2.58. The highest BCUT2D eigenvalue weighted by atomic mass is 16.7. The fourth-order valence-electron chi connectivity index (χ4n) is 1.82. The van der Waals surface area contributed by atoms with E-state index in [1.807, 2.05) is 0 Å². The molecule has 0 saturated carbocycles. The number of carbonyl (C=O) groups excluding carboxylic acids is 5. The van der Waals surface area contributed by atoms with Crippen molar-refractivity contribution < 1.29 is 33.5 Å². The molecule has 0 aliphatic carbocycles. The number of nitrogens with zero attached hydrogens (tertiary/aromatic N) is 1. The highest BCUT2D eigenvalue weighted by Crippen LogP contribution is 2.22. The zero-order valence-corrected chi connectivity index (χ0v) is 10.6. The van der Waals surface area contributed by atoms with Gasteiger partial charge in [-0.25, -0.2) is 14.4 Å². The fraction of sp³-hybridized carbons (Fsp3) is 0.417. The van der Waals surface area contributed by atoms with E-state index in [9.17, 15) is 24.0 Å². The van der Waals surface area contributed by atoms with E-state index < -0.39 is 29.7 Å². The van der Waals surface area contributed by atoms with Gasteiger partial charge in [0.05, 0.1) is 6.42 Å².